The minimum absolute atomic E-state index is 0.283. The summed E-state index contributed by atoms with van der Waals surface area (Å²) in [5, 5.41) is 6.54. The second-order valence-corrected chi connectivity index (χ2v) is 6.55. The Bertz CT molecular complexity index is 439. The maximum absolute atomic E-state index is 5.77. The third kappa shape index (κ3) is 4.69. The molecule has 0 aliphatic carbocycles. The van der Waals surface area contributed by atoms with Gasteiger partial charge < -0.3 is 21.3 Å². The summed E-state index contributed by atoms with van der Waals surface area (Å²) in [5.41, 5.74) is 5.77. The number of rotatable bonds is 6. The molecule has 0 unspecified atom stereocenters. The van der Waals surface area contributed by atoms with Crippen molar-refractivity contribution in [2.45, 2.75) is 52.6 Å². The van der Waals surface area contributed by atoms with Crippen molar-refractivity contribution >= 4 is 17.8 Å². The van der Waals surface area contributed by atoms with Crippen LogP contribution < -0.4 is 21.3 Å². The van der Waals surface area contributed by atoms with Gasteiger partial charge in [-0.2, -0.15) is 15.0 Å². The van der Waals surface area contributed by atoms with Crippen LogP contribution in [0.3, 0.4) is 0 Å². The van der Waals surface area contributed by atoms with Crippen LogP contribution in [0, 0.1) is 5.92 Å². The summed E-state index contributed by atoms with van der Waals surface area (Å²) in [4.78, 5) is 15.8. The van der Waals surface area contributed by atoms with E-state index in [4.69, 9.17) is 5.73 Å². The quantitative estimate of drug-likeness (QED) is 0.736. The summed E-state index contributed by atoms with van der Waals surface area (Å²) in [5.74, 6) is 2.63. The molecule has 0 aromatic carbocycles. The Hall–Kier alpha value is -1.63. The first-order valence-corrected chi connectivity index (χ1v) is 8.22. The monoisotopic (exact) mass is 307 g/mol. The lowest BCUT2D eigenvalue weighted by atomic mass is 9.97. The standard InChI is InChI=1S/C15H29N7/c1-10(2)17-13-19-14(18-11(3)4)21-15(20-13)22-7-5-12(9-16)6-8-22/h10-12H,5-9,16H2,1-4H3,(H2,17,18,19,20,21). The third-order valence-corrected chi connectivity index (χ3v) is 3.69. The fraction of sp³-hybridized carbons (Fsp3) is 0.800. The van der Waals surface area contributed by atoms with Gasteiger partial charge in [0.2, 0.25) is 17.8 Å². The minimum atomic E-state index is 0.283. The van der Waals surface area contributed by atoms with Gasteiger partial charge in [0.25, 0.3) is 0 Å². The molecule has 22 heavy (non-hydrogen) atoms. The molecule has 2 rings (SSSR count). The molecule has 1 aromatic rings. The maximum Gasteiger partial charge on any atom is 0.231 e. The van der Waals surface area contributed by atoms with Crippen LogP contribution >= 0.6 is 0 Å². The van der Waals surface area contributed by atoms with Crippen LogP contribution in [0.5, 0.6) is 0 Å². The van der Waals surface area contributed by atoms with Crippen LogP contribution in [0.15, 0.2) is 0 Å². The van der Waals surface area contributed by atoms with Gasteiger partial charge in [0, 0.05) is 25.2 Å². The highest BCUT2D eigenvalue weighted by atomic mass is 15.3. The molecule has 1 aromatic heterocycles. The number of piperidine rings is 1. The summed E-state index contributed by atoms with van der Waals surface area (Å²) < 4.78 is 0. The lowest BCUT2D eigenvalue weighted by molar-refractivity contribution is 0.411. The first-order chi connectivity index (χ1) is 10.5. The van der Waals surface area contributed by atoms with Gasteiger partial charge in [0.15, 0.2) is 0 Å². The topological polar surface area (TPSA) is 92.0 Å². The average Bonchev–Trinajstić information content (AvgIpc) is 2.45. The van der Waals surface area contributed by atoms with Gasteiger partial charge >= 0.3 is 0 Å². The van der Waals surface area contributed by atoms with Crippen LogP contribution in [-0.4, -0.2) is 46.7 Å². The number of hydrogen-bond acceptors (Lipinski definition) is 7. The van der Waals surface area contributed by atoms with E-state index >= 15 is 0 Å². The summed E-state index contributed by atoms with van der Waals surface area (Å²) in [6.45, 7) is 11.0. The van der Waals surface area contributed by atoms with Crippen LogP contribution in [0.4, 0.5) is 17.8 Å². The molecule has 0 saturated carbocycles. The Morgan fingerprint density at radius 3 is 1.91 bits per heavy atom. The highest BCUT2D eigenvalue weighted by Gasteiger charge is 2.21. The third-order valence-electron chi connectivity index (χ3n) is 3.69. The van der Waals surface area contributed by atoms with Crippen LogP contribution in [0.1, 0.15) is 40.5 Å². The molecule has 0 amide bonds. The van der Waals surface area contributed by atoms with Gasteiger partial charge in [0.1, 0.15) is 0 Å². The summed E-state index contributed by atoms with van der Waals surface area (Å²) in [6, 6.07) is 0.565. The van der Waals surface area contributed by atoms with E-state index < -0.39 is 0 Å². The SMILES string of the molecule is CC(C)Nc1nc(NC(C)C)nc(N2CCC(CN)CC2)n1. The van der Waals surface area contributed by atoms with Gasteiger partial charge in [-0.15, -0.1) is 0 Å². The normalized spacial score (nSPS) is 16.4. The minimum Gasteiger partial charge on any atom is -0.352 e. The van der Waals surface area contributed by atoms with Crippen molar-refractivity contribution in [1.82, 2.24) is 15.0 Å². The van der Waals surface area contributed by atoms with Crippen LogP contribution in [-0.2, 0) is 0 Å². The fourth-order valence-corrected chi connectivity index (χ4v) is 2.52. The summed E-state index contributed by atoms with van der Waals surface area (Å²) in [6.07, 6.45) is 2.20. The molecular formula is C15H29N7. The Morgan fingerprint density at radius 2 is 1.50 bits per heavy atom. The molecule has 0 spiro atoms. The molecule has 7 heteroatoms. The van der Waals surface area contributed by atoms with Crippen molar-refractivity contribution in [2.24, 2.45) is 11.7 Å². The van der Waals surface area contributed by atoms with E-state index in [2.05, 4.69) is 58.2 Å². The van der Waals surface area contributed by atoms with E-state index in [1.54, 1.807) is 0 Å². The predicted octanol–water partition coefficient (Wildman–Crippen LogP) is 1.69. The number of aromatic nitrogens is 3. The zero-order chi connectivity index (χ0) is 16.1. The molecule has 0 atom stereocenters. The summed E-state index contributed by atoms with van der Waals surface area (Å²) >= 11 is 0. The van der Waals surface area contributed by atoms with E-state index in [0.717, 1.165) is 38.4 Å². The van der Waals surface area contributed by atoms with Crippen molar-refractivity contribution in [3.63, 3.8) is 0 Å². The number of nitrogens with one attached hydrogen (secondary N) is 2. The average molecular weight is 307 g/mol. The second-order valence-electron chi connectivity index (χ2n) is 6.55. The number of nitrogens with two attached hydrogens (primary N) is 1. The largest absolute Gasteiger partial charge is 0.352 e. The van der Waals surface area contributed by atoms with Crippen molar-refractivity contribution in [3.05, 3.63) is 0 Å². The van der Waals surface area contributed by atoms with E-state index in [0.29, 0.717) is 17.8 Å². The van der Waals surface area contributed by atoms with E-state index in [9.17, 15) is 0 Å². The Morgan fingerprint density at radius 1 is 1.00 bits per heavy atom. The predicted molar refractivity (Wildman–Crippen MR) is 91.3 cm³/mol. The smallest absolute Gasteiger partial charge is 0.231 e. The van der Waals surface area contributed by atoms with Gasteiger partial charge in [-0.25, -0.2) is 0 Å². The van der Waals surface area contributed by atoms with Gasteiger partial charge in [-0.3, -0.25) is 0 Å². The molecule has 0 bridgehead atoms. The zero-order valence-corrected chi connectivity index (χ0v) is 14.1. The first kappa shape index (κ1) is 16.7. The molecule has 1 aliphatic heterocycles. The molecule has 2 heterocycles. The molecular weight excluding hydrogens is 278 g/mol. The van der Waals surface area contributed by atoms with Crippen molar-refractivity contribution < 1.29 is 0 Å². The highest BCUT2D eigenvalue weighted by molar-refractivity contribution is 5.44. The van der Waals surface area contributed by atoms with Gasteiger partial charge in [0.05, 0.1) is 0 Å². The van der Waals surface area contributed by atoms with E-state index in [1.807, 2.05) is 0 Å². The van der Waals surface area contributed by atoms with Crippen molar-refractivity contribution in [1.29, 1.82) is 0 Å². The molecule has 0 radical (unpaired) electrons. The Balaban J connectivity index is 2.18. The Kier molecular flexibility index (Phi) is 5.76. The molecule has 4 N–H and O–H groups in total. The highest BCUT2D eigenvalue weighted by Crippen LogP contribution is 2.22. The fourth-order valence-electron chi connectivity index (χ4n) is 2.52. The molecule has 1 saturated heterocycles. The Labute approximate surface area is 133 Å². The number of nitrogens with zero attached hydrogens (tertiary/aromatic N) is 4. The summed E-state index contributed by atoms with van der Waals surface area (Å²) in [7, 11) is 0. The van der Waals surface area contributed by atoms with Crippen molar-refractivity contribution in [3.8, 4) is 0 Å². The van der Waals surface area contributed by atoms with Crippen LogP contribution in [0.2, 0.25) is 0 Å². The lowest BCUT2D eigenvalue weighted by Crippen LogP contribution is -2.37. The lowest BCUT2D eigenvalue weighted by Gasteiger charge is -2.31. The van der Waals surface area contributed by atoms with Crippen LogP contribution in [0.25, 0.3) is 0 Å². The van der Waals surface area contributed by atoms with Crippen molar-refractivity contribution in [2.75, 3.05) is 35.2 Å². The van der Waals surface area contributed by atoms with E-state index in [1.165, 1.54) is 0 Å². The first-order valence-electron chi connectivity index (χ1n) is 8.22. The molecule has 1 aliphatic rings. The van der Waals surface area contributed by atoms with Gasteiger partial charge in [-0.05, 0) is 53.0 Å². The number of hydrogen-bond donors (Lipinski definition) is 3. The molecule has 7 nitrogen and oxygen atoms in total. The number of anilines is 3. The zero-order valence-electron chi connectivity index (χ0n) is 14.1. The molecule has 1 fully saturated rings. The second kappa shape index (κ2) is 7.58. The van der Waals surface area contributed by atoms with Gasteiger partial charge in [-0.1, -0.05) is 0 Å². The maximum atomic E-state index is 5.77. The molecule has 124 valence electrons. The van der Waals surface area contributed by atoms with E-state index in [-0.39, 0.29) is 12.1 Å².